The van der Waals surface area contributed by atoms with Gasteiger partial charge in [-0.15, -0.1) is 0 Å². The Morgan fingerprint density at radius 3 is 0.835 bits per heavy atom. The predicted octanol–water partition coefficient (Wildman–Crippen LogP) is 27.8. The molecule has 8 N–H and O–H groups in total. The van der Waals surface area contributed by atoms with Crippen molar-refractivity contribution in [3.63, 3.8) is 0 Å². The average molecular weight is 2000 g/mol. The molecule has 139 heavy (non-hydrogen) atoms. The van der Waals surface area contributed by atoms with Gasteiger partial charge in [0.05, 0.1) is 85.2 Å². The van der Waals surface area contributed by atoms with Crippen molar-refractivity contribution in [1.82, 2.24) is 40.5 Å². The molecule has 0 atom stereocenters. The van der Waals surface area contributed by atoms with Crippen molar-refractivity contribution in [3.8, 4) is 45.0 Å². The van der Waals surface area contributed by atoms with E-state index in [9.17, 15) is 38.4 Å². The Labute approximate surface area is 838 Å². The van der Waals surface area contributed by atoms with Gasteiger partial charge in [0.2, 0.25) is 0 Å². The van der Waals surface area contributed by atoms with E-state index in [2.05, 4.69) is 72.4 Å². The summed E-state index contributed by atoms with van der Waals surface area (Å²) < 4.78 is 0. The van der Waals surface area contributed by atoms with Gasteiger partial charge >= 0.3 is 0 Å². The number of benzene rings is 12. The second-order valence-corrected chi connectivity index (χ2v) is 35.8. The van der Waals surface area contributed by atoms with Gasteiger partial charge in [-0.2, -0.15) is 0 Å². The first kappa shape index (κ1) is 98.2. The number of nitrogens with one attached hydrogen (secondary N) is 8. The van der Waals surface area contributed by atoms with E-state index >= 15 is 0 Å². The third-order valence-corrected chi connectivity index (χ3v) is 23.8. The minimum absolute atomic E-state index is 0.00502. The van der Waals surface area contributed by atoms with E-state index in [0.29, 0.717) is 98.9 Å². The number of anilines is 6. The normalized spacial score (nSPS) is 10.9. The number of rotatable bonds is 19. The van der Waals surface area contributed by atoms with Crippen LogP contribution in [0.15, 0.2) is 341 Å². The third kappa shape index (κ3) is 24.6. The minimum Gasteiger partial charge on any atom is -0.350 e. The fourth-order valence-corrected chi connectivity index (χ4v) is 16.5. The summed E-state index contributed by atoms with van der Waals surface area (Å²) in [6, 6.07) is 86.9. The molecule has 6 aromatic heterocycles. The standard InChI is InChI=1S/2C28H18Cl2N4O2.C27H23Cl2N3O2.C26H21Cl2N3O2/c29-23-11-9-19(16-22(23)26-20-6-2-1-5-17(20)12-14-32-26)33-28(36)21-10-8-18(15-24(21)30)27(35)34-25-7-3-4-13-31-25;29-24-8-6-20(16-23(24)26-21-4-2-1-3-17(21)9-14-32-26)34-28(36)22-7-5-18(15-25(22)30)27(35)33-19-10-12-31-13-11-19;1-27(2,3)32-25(33)17-8-10-20(23(29)14-17)26(34)31-18-9-11-22(28)21(15-18)24-19-7-5-4-6-16(19)12-13-30-24;1-15(2)30-25(32)17-7-9-20(23(28)13-17)26(33)31-18-8-10-22(27)21(14-18)24-19-6-4-3-5-16(19)11-12-29-24/h1-16H,(H,33,36)(H,31,34,35);1-16H,(H,34,36)(H,31,33,35);4-15H,1-3H3,(H,31,34)(H,32,33);3-15H,1-2H3,(H,30,32)(H,31,33). The number of halogens is 8. The second kappa shape index (κ2) is 44.6. The maximum Gasteiger partial charge on any atom is 0.257 e. The molecule has 18 rings (SSSR count). The Kier molecular flexibility index (Phi) is 31.5. The van der Waals surface area contributed by atoms with Gasteiger partial charge in [0.25, 0.3) is 47.3 Å². The molecular weight excluding hydrogens is 1920 g/mol. The maximum atomic E-state index is 13.0. The first-order chi connectivity index (χ1) is 66.9. The van der Waals surface area contributed by atoms with E-state index in [1.165, 1.54) is 48.5 Å². The third-order valence-electron chi connectivity index (χ3n) is 21.3. The number of carbonyl (C=O) groups excluding carboxylic acids is 8. The van der Waals surface area contributed by atoms with E-state index < -0.39 is 23.6 Å². The van der Waals surface area contributed by atoms with Crippen LogP contribution in [0.4, 0.5) is 34.3 Å². The van der Waals surface area contributed by atoms with Crippen molar-refractivity contribution in [2.24, 2.45) is 0 Å². The van der Waals surface area contributed by atoms with Gasteiger partial charge in [0.15, 0.2) is 0 Å². The largest absolute Gasteiger partial charge is 0.350 e. The lowest BCUT2D eigenvalue weighted by Gasteiger charge is -2.20. The van der Waals surface area contributed by atoms with Crippen LogP contribution in [-0.2, 0) is 0 Å². The number of carbonyl (C=O) groups is 8. The lowest BCUT2D eigenvalue weighted by molar-refractivity contribution is 0.0914. The molecule has 22 nitrogen and oxygen atoms in total. The van der Waals surface area contributed by atoms with Crippen LogP contribution >= 0.6 is 92.8 Å². The van der Waals surface area contributed by atoms with Gasteiger partial charge < -0.3 is 42.5 Å². The summed E-state index contributed by atoms with van der Waals surface area (Å²) in [6.45, 7) is 9.42. The molecule has 0 bridgehead atoms. The molecule has 0 aliphatic heterocycles. The Bertz CT molecular complexity index is 7550. The number of nitrogens with zero attached hydrogens (tertiary/aromatic N) is 6. The number of pyridine rings is 6. The zero-order valence-corrected chi connectivity index (χ0v) is 80.4. The van der Waals surface area contributed by atoms with E-state index in [1.807, 2.05) is 156 Å². The van der Waals surface area contributed by atoms with Crippen LogP contribution in [0.3, 0.4) is 0 Å². The van der Waals surface area contributed by atoms with Crippen molar-refractivity contribution in [2.45, 2.75) is 46.2 Å². The van der Waals surface area contributed by atoms with Crippen LogP contribution in [0, 0.1) is 0 Å². The minimum atomic E-state index is -0.421. The van der Waals surface area contributed by atoms with Gasteiger partial charge in [-0.3, -0.25) is 63.3 Å². The Morgan fingerprint density at radius 2 is 0.540 bits per heavy atom. The van der Waals surface area contributed by atoms with Crippen LogP contribution in [-0.4, -0.2) is 88.7 Å². The van der Waals surface area contributed by atoms with E-state index in [0.717, 1.165) is 65.9 Å². The van der Waals surface area contributed by atoms with Gasteiger partial charge in [-0.1, -0.05) is 196 Å². The van der Waals surface area contributed by atoms with Gasteiger partial charge in [0, 0.05) is 149 Å². The molecule has 0 aliphatic carbocycles. The lowest BCUT2D eigenvalue weighted by Crippen LogP contribution is -2.40. The maximum absolute atomic E-state index is 13.0. The van der Waals surface area contributed by atoms with Gasteiger partial charge in [0.1, 0.15) is 5.82 Å². The second-order valence-electron chi connectivity index (χ2n) is 32.6. The van der Waals surface area contributed by atoms with Crippen LogP contribution in [0.5, 0.6) is 0 Å². The van der Waals surface area contributed by atoms with Crippen LogP contribution < -0.4 is 42.5 Å². The lowest BCUT2D eigenvalue weighted by atomic mass is 10.0. The van der Waals surface area contributed by atoms with E-state index in [4.69, 9.17) is 92.8 Å². The molecule has 690 valence electrons. The number of fused-ring (bicyclic) bond motifs is 4. The molecule has 18 aromatic rings. The summed E-state index contributed by atoms with van der Waals surface area (Å²) >= 11 is 51.4. The molecule has 0 radical (unpaired) electrons. The number of amides is 8. The quantitative estimate of drug-likeness (QED) is 0.0373. The zero-order chi connectivity index (χ0) is 98.1. The molecule has 0 unspecified atom stereocenters. The first-order valence-electron chi connectivity index (χ1n) is 43.0. The molecule has 0 saturated carbocycles. The highest BCUT2D eigenvalue weighted by molar-refractivity contribution is 6.39. The van der Waals surface area contributed by atoms with Crippen molar-refractivity contribution in [1.29, 1.82) is 0 Å². The predicted molar refractivity (Wildman–Crippen MR) is 561 cm³/mol. The summed E-state index contributed by atoms with van der Waals surface area (Å²) in [5.41, 5.74) is 10.4. The summed E-state index contributed by atoms with van der Waals surface area (Å²) in [5, 5.41) is 33.3. The summed E-state index contributed by atoms with van der Waals surface area (Å²) in [6.07, 6.45) is 11.7. The summed E-state index contributed by atoms with van der Waals surface area (Å²) in [7, 11) is 0. The fraction of sp³-hybridized carbons (Fsp3) is 0.0642. The van der Waals surface area contributed by atoms with Gasteiger partial charge in [-0.05, 0) is 250 Å². The van der Waals surface area contributed by atoms with Crippen molar-refractivity contribution < 1.29 is 38.4 Å². The van der Waals surface area contributed by atoms with Crippen LogP contribution in [0.25, 0.3) is 88.1 Å². The number of hydrogen-bond donors (Lipinski definition) is 8. The SMILES string of the molecule is CC(C)(C)NC(=O)c1ccc(C(=O)Nc2ccc(Cl)c(-c3nccc4ccccc34)c2)c(Cl)c1.CC(C)NC(=O)c1ccc(C(=O)Nc2ccc(Cl)c(-c3nccc4ccccc34)c2)c(Cl)c1.O=C(Nc1ccccn1)c1ccc(C(=O)Nc2ccc(Cl)c(-c3nccc4ccccc34)c2)c(Cl)c1.O=C(Nc1ccncc1)c1ccc(C(=O)Nc2ccc(Cl)c(-c3nccc4ccccc34)c2)c(Cl)c1. The molecule has 0 aliphatic rings. The number of aromatic nitrogens is 6. The molecular formula is C109H80Cl8N14O8. The first-order valence-corrected chi connectivity index (χ1v) is 46.0. The Morgan fingerprint density at radius 1 is 0.252 bits per heavy atom. The van der Waals surface area contributed by atoms with Crippen LogP contribution in [0.2, 0.25) is 40.2 Å². The molecule has 6 heterocycles. The van der Waals surface area contributed by atoms with Crippen molar-refractivity contribution in [3.05, 3.63) is 425 Å². The highest BCUT2D eigenvalue weighted by atomic mass is 35.5. The summed E-state index contributed by atoms with van der Waals surface area (Å²) in [4.78, 5) is 128. The monoisotopic (exact) mass is 1990 g/mol. The number of hydrogen-bond acceptors (Lipinski definition) is 14. The Balaban J connectivity index is 0.000000140. The average Bonchev–Trinajstić information content (AvgIpc) is 0.796. The van der Waals surface area contributed by atoms with Crippen molar-refractivity contribution >= 4 is 217 Å². The topological polar surface area (TPSA) is 310 Å². The smallest absolute Gasteiger partial charge is 0.257 e. The molecule has 30 heteroatoms. The summed E-state index contributed by atoms with van der Waals surface area (Å²) in [5.74, 6) is -2.44. The van der Waals surface area contributed by atoms with Crippen LogP contribution in [0.1, 0.15) is 117 Å². The van der Waals surface area contributed by atoms with E-state index in [-0.39, 0.29) is 77.6 Å². The fourth-order valence-electron chi connectivity index (χ4n) is 14.7. The highest BCUT2D eigenvalue weighted by Crippen LogP contribution is 2.40. The molecule has 0 spiro atoms. The molecule has 12 aromatic carbocycles. The van der Waals surface area contributed by atoms with Gasteiger partial charge in [-0.25, -0.2) is 4.98 Å². The molecule has 0 saturated heterocycles. The highest BCUT2D eigenvalue weighted by Gasteiger charge is 2.25. The van der Waals surface area contributed by atoms with Crippen molar-refractivity contribution in [2.75, 3.05) is 31.9 Å². The molecule has 8 amide bonds. The zero-order valence-electron chi connectivity index (χ0n) is 74.4. The van der Waals surface area contributed by atoms with E-state index in [1.54, 1.807) is 171 Å². The molecule has 0 fully saturated rings. The Hall–Kier alpha value is -15.3.